The normalized spacial score (nSPS) is 22.0. The summed E-state index contributed by atoms with van der Waals surface area (Å²) in [4.78, 5) is 103. The molecule has 7 rings (SSSR count). The average Bonchev–Trinajstić information content (AvgIpc) is 4.07. The summed E-state index contributed by atoms with van der Waals surface area (Å²) in [6.07, 6.45) is 3.83. The number of hydrogen-bond donors (Lipinski definition) is 4. The Bertz CT molecular complexity index is 2140. The number of amides is 7. The van der Waals surface area contributed by atoms with Crippen LogP contribution >= 0.6 is 0 Å². The molecule has 0 aliphatic carbocycles. The number of nitrogens with zero attached hydrogens (tertiary/aromatic N) is 5. The predicted molar refractivity (Wildman–Crippen MR) is 221 cm³/mol. The molecular formula is C43H53N9O9. The Kier molecular flexibility index (Phi) is 12.9. The van der Waals surface area contributed by atoms with E-state index in [0.717, 1.165) is 35.2 Å². The number of H-pyrrole nitrogens is 1. The minimum atomic E-state index is -1.03. The Hall–Kier alpha value is -6.46. The van der Waals surface area contributed by atoms with Crippen molar-refractivity contribution in [2.75, 3.05) is 39.2 Å². The molecule has 7 amide bonds. The zero-order valence-electron chi connectivity index (χ0n) is 34.8. The molecule has 0 saturated carbocycles. The summed E-state index contributed by atoms with van der Waals surface area (Å²) >= 11 is 0. The van der Waals surface area contributed by atoms with Gasteiger partial charge in [0.1, 0.15) is 30.0 Å². The molecule has 324 valence electrons. The highest BCUT2D eigenvalue weighted by Gasteiger charge is 2.48. The molecule has 18 heteroatoms. The second-order valence-corrected chi connectivity index (χ2v) is 16.1. The number of anilines is 1. The molecule has 4 aliphatic rings. The Morgan fingerprint density at radius 2 is 1.39 bits per heavy atom. The van der Waals surface area contributed by atoms with Crippen molar-refractivity contribution in [2.24, 2.45) is 5.92 Å². The Morgan fingerprint density at radius 1 is 0.770 bits per heavy atom. The third-order valence-electron chi connectivity index (χ3n) is 12.0. The number of alkyl carbamates (subject to hydrolysis) is 2. The van der Waals surface area contributed by atoms with Crippen LogP contribution in [0.5, 0.6) is 0 Å². The van der Waals surface area contributed by atoms with Gasteiger partial charge in [-0.3, -0.25) is 29.0 Å². The number of benzene rings is 2. The van der Waals surface area contributed by atoms with E-state index >= 15 is 0 Å². The van der Waals surface area contributed by atoms with Gasteiger partial charge in [-0.1, -0.05) is 50.2 Å². The number of carbonyl (C=O) groups excluding carboxylic acids is 7. The molecule has 3 unspecified atom stereocenters. The van der Waals surface area contributed by atoms with Gasteiger partial charge in [0.15, 0.2) is 0 Å². The largest absolute Gasteiger partial charge is 0.453 e. The van der Waals surface area contributed by atoms with E-state index in [1.54, 1.807) is 23.2 Å². The molecule has 3 aromatic rings. The van der Waals surface area contributed by atoms with Gasteiger partial charge in [-0.25, -0.2) is 19.6 Å². The van der Waals surface area contributed by atoms with E-state index in [9.17, 15) is 33.6 Å². The molecule has 0 bridgehead atoms. The first-order valence-electron chi connectivity index (χ1n) is 20.9. The van der Waals surface area contributed by atoms with Crippen molar-refractivity contribution in [3.63, 3.8) is 0 Å². The third-order valence-corrected chi connectivity index (χ3v) is 12.0. The van der Waals surface area contributed by atoms with E-state index < -0.39 is 48.2 Å². The molecule has 4 saturated heterocycles. The molecule has 18 nitrogen and oxygen atoms in total. The molecule has 4 N–H and O–H groups in total. The second kappa shape index (κ2) is 18.4. The van der Waals surface area contributed by atoms with Crippen LogP contribution < -0.4 is 16.0 Å². The highest BCUT2D eigenvalue weighted by molar-refractivity contribution is 6.00. The van der Waals surface area contributed by atoms with Crippen molar-refractivity contribution >= 4 is 47.4 Å². The highest BCUT2D eigenvalue weighted by Crippen LogP contribution is 2.34. The number of hydrogen-bond acceptors (Lipinski definition) is 10. The number of fused-ring (bicyclic) bond motifs is 1. The van der Waals surface area contributed by atoms with Crippen LogP contribution in [0.25, 0.3) is 22.4 Å². The number of ether oxygens (including phenoxy) is 2. The van der Waals surface area contributed by atoms with Gasteiger partial charge < -0.3 is 40.2 Å². The molecule has 0 spiro atoms. The molecule has 2 aromatic carbocycles. The molecule has 5 atom stereocenters. The topological polar surface area (TPSA) is 216 Å². The van der Waals surface area contributed by atoms with Gasteiger partial charge in [0.2, 0.25) is 23.6 Å². The molecule has 5 heterocycles. The maximum atomic E-state index is 14.1. The summed E-state index contributed by atoms with van der Waals surface area (Å²) in [6, 6.07) is 11.6. The lowest BCUT2D eigenvalue weighted by molar-refractivity contribution is -0.179. The Labute approximate surface area is 353 Å². The van der Waals surface area contributed by atoms with Crippen molar-refractivity contribution in [2.45, 2.75) is 95.4 Å². The smallest absolute Gasteiger partial charge is 0.407 e. The van der Waals surface area contributed by atoms with E-state index in [1.807, 2.05) is 50.2 Å². The van der Waals surface area contributed by atoms with Crippen LogP contribution in [0.4, 0.5) is 15.3 Å². The summed E-state index contributed by atoms with van der Waals surface area (Å²) in [5, 5.41) is 10.6. The van der Waals surface area contributed by atoms with Crippen molar-refractivity contribution < 1.29 is 43.0 Å². The summed E-state index contributed by atoms with van der Waals surface area (Å²) < 4.78 is 9.42. The number of aromatic amines is 1. The monoisotopic (exact) mass is 839 g/mol. The number of nitrogens with one attached hydrogen (secondary N) is 4. The van der Waals surface area contributed by atoms with Gasteiger partial charge in [-0.15, -0.1) is 0 Å². The van der Waals surface area contributed by atoms with Gasteiger partial charge in [0, 0.05) is 31.7 Å². The maximum Gasteiger partial charge on any atom is 0.407 e. The van der Waals surface area contributed by atoms with Gasteiger partial charge in [-0.2, -0.15) is 0 Å². The van der Waals surface area contributed by atoms with Crippen molar-refractivity contribution in [3.05, 3.63) is 60.6 Å². The molecule has 4 aliphatic heterocycles. The van der Waals surface area contributed by atoms with Crippen molar-refractivity contribution in [1.82, 2.24) is 40.4 Å². The van der Waals surface area contributed by atoms with E-state index in [0.29, 0.717) is 50.3 Å². The number of carbonyl (C=O) groups is 7. The second-order valence-electron chi connectivity index (χ2n) is 16.1. The first-order chi connectivity index (χ1) is 29.4. The summed E-state index contributed by atoms with van der Waals surface area (Å²) in [5.74, 6) is -1.25. The third kappa shape index (κ3) is 9.02. The Balaban J connectivity index is 0.976. The quantitative estimate of drug-likeness (QED) is 0.231. The predicted octanol–water partition coefficient (Wildman–Crippen LogP) is 3.97. The van der Waals surface area contributed by atoms with E-state index in [2.05, 4.69) is 30.7 Å². The number of rotatable bonds is 10. The standard InChI is InChI=1S/C43H53N9O9/c1-25(2)36(48-43(59)61-4)41(57)49-21-5-8-32(49)37-44-24-31(46-37)28-13-11-26(12-14-28)27-15-17-29(18-16-27)45-38(54)33-9-6-22-50(33)40(56)34-10-7-23-51-35(53)20-19-30(39(55)52(34)51)47-42(58)60-3/h11-18,24-25,30,32-34,36H,5-10,19-23H2,1-4H3,(H,44,46)(H,45,54)(H,47,58)(H,48,59)/t30-,32?,33?,34-,36?/m0/s1. The first kappa shape index (κ1) is 42.7. The zero-order chi connectivity index (χ0) is 43.4. The average molecular weight is 840 g/mol. The fourth-order valence-electron chi connectivity index (χ4n) is 8.75. The SMILES string of the molecule is COC(=O)NC(C(=O)N1CCCC1c1ncc(-c2ccc(-c3ccc(NC(=O)C4CCCN4C(=O)[C@@H]4CCCN5C(=O)CC[C@H](NC(=O)OC)C(=O)N45)cc3)cc2)[nH]1)C(C)C. The van der Waals surface area contributed by atoms with Crippen molar-refractivity contribution in [3.8, 4) is 22.4 Å². The van der Waals surface area contributed by atoms with Crippen molar-refractivity contribution in [1.29, 1.82) is 0 Å². The number of aromatic nitrogens is 2. The number of imidazole rings is 1. The number of hydrazine groups is 1. The molecule has 1 aromatic heterocycles. The van der Waals surface area contributed by atoms with Crippen LogP contribution in [0, 0.1) is 5.92 Å². The zero-order valence-corrected chi connectivity index (χ0v) is 34.8. The number of methoxy groups -OCH3 is 2. The lowest BCUT2D eigenvalue weighted by Gasteiger charge is -2.44. The van der Waals surface area contributed by atoms with Crippen LogP contribution in [0.2, 0.25) is 0 Å². The molecule has 0 radical (unpaired) electrons. The van der Waals surface area contributed by atoms with E-state index in [1.165, 1.54) is 29.1 Å². The summed E-state index contributed by atoms with van der Waals surface area (Å²) in [5.41, 5.74) is 4.15. The maximum absolute atomic E-state index is 14.1. The molecule has 61 heavy (non-hydrogen) atoms. The molecule has 4 fully saturated rings. The lowest BCUT2D eigenvalue weighted by Crippen LogP contribution is -2.64. The van der Waals surface area contributed by atoms with Gasteiger partial charge >= 0.3 is 12.2 Å². The summed E-state index contributed by atoms with van der Waals surface area (Å²) in [6.45, 7) is 4.93. The highest BCUT2D eigenvalue weighted by atomic mass is 16.5. The summed E-state index contributed by atoms with van der Waals surface area (Å²) in [7, 11) is 2.45. The van der Waals surface area contributed by atoms with Gasteiger partial charge in [0.05, 0.1) is 32.2 Å². The van der Waals surface area contributed by atoms with E-state index in [-0.39, 0.29) is 49.1 Å². The number of likely N-dealkylation sites (tertiary alicyclic amines) is 2. The van der Waals surface area contributed by atoms with Crippen LogP contribution in [0.3, 0.4) is 0 Å². The fraction of sp³-hybridized carbons (Fsp3) is 0.488. The fourth-order valence-corrected chi connectivity index (χ4v) is 8.75. The van der Waals surface area contributed by atoms with E-state index in [4.69, 9.17) is 4.74 Å². The van der Waals surface area contributed by atoms with Crippen LogP contribution in [0.1, 0.15) is 77.1 Å². The van der Waals surface area contributed by atoms with Crippen LogP contribution in [-0.2, 0) is 33.4 Å². The lowest BCUT2D eigenvalue weighted by atomic mass is 10.0. The minimum absolute atomic E-state index is 0.0218. The minimum Gasteiger partial charge on any atom is -0.453 e. The van der Waals surface area contributed by atoms with Gasteiger partial charge in [-0.05, 0) is 79.7 Å². The first-order valence-corrected chi connectivity index (χ1v) is 20.9. The molecular weight excluding hydrogens is 787 g/mol. The van der Waals surface area contributed by atoms with Crippen LogP contribution in [-0.4, -0.2) is 130 Å². The van der Waals surface area contributed by atoms with Crippen LogP contribution in [0.15, 0.2) is 54.7 Å². The Morgan fingerprint density at radius 3 is 2.08 bits per heavy atom. The van der Waals surface area contributed by atoms with Gasteiger partial charge in [0.25, 0.3) is 5.91 Å².